The van der Waals surface area contributed by atoms with E-state index in [0.29, 0.717) is 11.2 Å². The summed E-state index contributed by atoms with van der Waals surface area (Å²) in [7, 11) is 0. The van der Waals surface area contributed by atoms with E-state index in [2.05, 4.69) is 15.0 Å². The fraction of sp³-hybridized carbons (Fsp3) is 0.300. The van der Waals surface area contributed by atoms with Gasteiger partial charge in [-0.25, -0.2) is 9.97 Å². The molecule has 0 aliphatic heterocycles. The lowest BCUT2D eigenvalue weighted by Crippen LogP contribution is -2.06. The first-order valence-electron chi connectivity index (χ1n) is 5.01. The molecular formula is C10H10N4O2. The molecule has 1 aliphatic carbocycles. The predicted octanol–water partition coefficient (Wildman–Crippen LogP) is -0.0273. The molecule has 2 aromatic rings. The first kappa shape index (κ1) is 9.29. The Balaban J connectivity index is 2.09. The molecule has 0 bridgehead atoms. The minimum Gasteiger partial charge on any atom is -0.396 e. The molecule has 0 spiro atoms. The van der Waals surface area contributed by atoms with Crippen molar-refractivity contribution in [3.63, 3.8) is 0 Å². The van der Waals surface area contributed by atoms with Crippen molar-refractivity contribution in [2.24, 2.45) is 5.92 Å². The van der Waals surface area contributed by atoms with Crippen molar-refractivity contribution < 1.29 is 5.11 Å². The van der Waals surface area contributed by atoms with Gasteiger partial charge >= 0.3 is 0 Å². The van der Waals surface area contributed by atoms with Crippen LogP contribution < -0.4 is 5.56 Å². The Morgan fingerprint density at radius 3 is 3.25 bits per heavy atom. The van der Waals surface area contributed by atoms with Crippen LogP contribution in [-0.4, -0.2) is 31.2 Å². The highest BCUT2D eigenvalue weighted by Gasteiger charge is 2.28. The minimum atomic E-state index is -0.239. The van der Waals surface area contributed by atoms with Crippen LogP contribution >= 0.6 is 0 Å². The molecule has 2 heterocycles. The van der Waals surface area contributed by atoms with Gasteiger partial charge in [-0.2, -0.15) is 0 Å². The van der Waals surface area contributed by atoms with Gasteiger partial charge in [0.1, 0.15) is 6.33 Å². The van der Waals surface area contributed by atoms with Crippen molar-refractivity contribution in [1.82, 2.24) is 19.5 Å². The fourth-order valence-corrected chi connectivity index (χ4v) is 1.70. The van der Waals surface area contributed by atoms with Gasteiger partial charge < -0.3 is 10.1 Å². The summed E-state index contributed by atoms with van der Waals surface area (Å²) < 4.78 is 1.72. The number of hydrogen-bond donors (Lipinski definition) is 2. The summed E-state index contributed by atoms with van der Waals surface area (Å²) in [6.07, 6.45) is 5.70. The lowest BCUT2D eigenvalue weighted by molar-refractivity contribution is 0.281. The molecule has 1 atom stereocenters. The summed E-state index contributed by atoms with van der Waals surface area (Å²) >= 11 is 0. The zero-order valence-corrected chi connectivity index (χ0v) is 8.42. The van der Waals surface area contributed by atoms with E-state index in [-0.39, 0.29) is 18.1 Å². The highest BCUT2D eigenvalue weighted by molar-refractivity contribution is 5.72. The summed E-state index contributed by atoms with van der Waals surface area (Å²) in [6, 6.07) is 0. The van der Waals surface area contributed by atoms with Crippen LogP contribution in [0.5, 0.6) is 0 Å². The maximum absolute atomic E-state index is 11.4. The Hall–Kier alpha value is -1.95. The van der Waals surface area contributed by atoms with Gasteiger partial charge in [0.15, 0.2) is 11.2 Å². The number of aliphatic hydroxyl groups excluding tert-OH is 1. The van der Waals surface area contributed by atoms with E-state index >= 15 is 0 Å². The van der Waals surface area contributed by atoms with Gasteiger partial charge in [0.2, 0.25) is 0 Å². The number of imidazole rings is 1. The molecule has 1 aliphatic rings. The second-order valence-corrected chi connectivity index (χ2v) is 3.84. The smallest absolute Gasteiger partial charge is 0.278 e. The van der Waals surface area contributed by atoms with E-state index in [9.17, 15) is 4.79 Å². The van der Waals surface area contributed by atoms with Crippen LogP contribution in [0.4, 0.5) is 0 Å². The SMILES string of the molecule is O=c1[nH]cnc2c1ncn2/C=C1/C[C@H]1CO. The standard InChI is InChI=1S/C10H10N4O2/c15-3-7-1-6(7)2-14-5-13-8-9(14)11-4-12-10(8)16/h2,4-5,7,15H,1,3H2,(H,11,12,16)/b6-2-/t7-/m0/s1. The normalized spacial score (nSPS) is 21.8. The molecule has 6 heteroatoms. The number of hydrogen-bond acceptors (Lipinski definition) is 4. The van der Waals surface area contributed by atoms with E-state index in [1.165, 1.54) is 6.33 Å². The van der Waals surface area contributed by atoms with Gasteiger partial charge in [-0.3, -0.25) is 9.36 Å². The summed E-state index contributed by atoms with van der Waals surface area (Å²) in [4.78, 5) is 21.9. The van der Waals surface area contributed by atoms with E-state index in [4.69, 9.17) is 5.11 Å². The number of fused-ring (bicyclic) bond motifs is 1. The second-order valence-electron chi connectivity index (χ2n) is 3.84. The van der Waals surface area contributed by atoms with E-state index in [0.717, 1.165) is 12.0 Å². The number of rotatable bonds is 2. The average molecular weight is 218 g/mol. The van der Waals surface area contributed by atoms with Crippen molar-refractivity contribution in [3.05, 3.63) is 28.6 Å². The molecule has 82 valence electrons. The van der Waals surface area contributed by atoms with E-state index in [1.807, 2.05) is 6.20 Å². The zero-order valence-electron chi connectivity index (χ0n) is 8.42. The monoisotopic (exact) mass is 218 g/mol. The summed E-state index contributed by atoms with van der Waals surface area (Å²) in [5.41, 5.74) is 1.79. The first-order chi connectivity index (χ1) is 7.79. The van der Waals surface area contributed by atoms with Crippen LogP contribution in [0.3, 0.4) is 0 Å². The molecule has 0 radical (unpaired) electrons. The lowest BCUT2D eigenvalue weighted by atomic mass is 10.4. The largest absolute Gasteiger partial charge is 0.396 e. The predicted molar refractivity (Wildman–Crippen MR) is 57.6 cm³/mol. The van der Waals surface area contributed by atoms with Gasteiger partial charge in [-0.05, 0) is 12.0 Å². The third kappa shape index (κ3) is 1.35. The van der Waals surface area contributed by atoms with Gasteiger partial charge in [0, 0.05) is 18.7 Å². The molecule has 2 aromatic heterocycles. The highest BCUT2D eigenvalue weighted by atomic mass is 16.3. The second kappa shape index (κ2) is 3.28. The van der Waals surface area contributed by atoms with Crippen molar-refractivity contribution in [1.29, 1.82) is 0 Å². The molecule has 16 heavy (non-hydrogen) atoms. The average Bonchev–Trinajstić information content (AvgIpc) is 2.91. The van der Waals surface area contributed by atoms with Crippen LogP contribution in [0.25, 0.3) is 17.4 Å². The number of aliphatic hydroxyl groups is 1. The van der Waals surface area contributed by atoms with Crippen molar-refractivity contribution >= 4 is 17.4 Å². The number of H-pyrrole nitrogens is 1. The number of nitrogens with one attached hydrogen (secondary N) is 1. The fourth-order valence-electron chi connectivity index (χ4n) is 1.70. The topological polar surface area (TPSA) is 83.8 Å². The van der Waals surface area contributed by atoms with Crippen LogP contribution in [0.2, 0.25) is 0 Å². The number of nitrogens with zero attached hydrogens (tertiary/aromatic N) is 3. The van der Waals surface area contributed by atoms with Gasteiger partial charge in [0.05, 0.1) is 6.33 Å². The molecule has 0 aromatic carbocycles. The Morgan fingerprint density at radius 2 is 2.50 bits per heavy atom. The molecule has 0 unspecified atom stereocenters. The maximum atomic E-state index is 11.4. The van der Waals surface area contributed by atoms with E-state index < -0.39 is 0 Å². The Kier molecular flexibility index (Phi) is 1.90. The van der Waals surface area contributed by atoms with Crippen molar-refractivity contribution in [2.75, 3.05) is 6.61 Å². The molecule has 0 saturated heterocycles. The van der Waals surface area contributed by atoms with Gasteiger partial charge in [-0.15, -0.1) is 0 Å². The third-order valence-corrected chi connectivity index (χ3v) is 2.74. The quantitative estimate of drug-likeness (QED) is 0.741. The Morgan fingerprint density at radius 1 is 1.62 bits per heavy atom. The van der Waals surface area contributed by atoms with E-state index in [1.54, 1.807) is 10.9 Å². The van der Waals surface area contributed by atoms with Crippen molar-refractivity contribution in [3.8, 4) is 0 Å². The first-order valence-corrected chi connectivity index (χ1v) is 5.01. The zero-order chi connectivity index (χ0) is 11.1. The lowest BCUT2D eigenvalue weighted by Gasteiger charge is -1.93. The number of aromatic nitrogens is 4. The molecule has 0 amide bonds. The van der Waals surface area contributed by atoms with Gasteiger partial charge in [0.25, 0.3) is 5.56 Å². The van der Waals surface area contributed by atoms with Gasteiger partial charge in [-0.1, -0.05) is 0 Å². The van der Waals surface area contributed by atoms with Crippen molar-refractivity contribution in [2.45, 2.75) is 6.42 Å². The molecule has 3 rings (SSSR count). The summed E-state index contributed by atoms with van der Waals surface area (Å²) in [6.45, 7) is 0.173. The molecule has 1 fully saturated rings. The summed E-state index contributed by atoms with van der Waals surface area (Å²) in [5, 5.41) is 8.93. The number of aromatic amines is 1. The summed E-state index contributed by atoms with van der Waals surface area (Å²) in [5.74, 6) is 0.263. The molecule has 6 nitrogen and oxygen atoms in total. The maximum Gasteiger partial charge on any atom is 0.278 e. The Labute approximate surface area is 90.3 Å². The minimum absolute atomic E-state index is 0.173. The van der Waals surface area contributed by atoms with Crippen LogP contribution in [0, 0.1) is 5.92 Å². The molecular weight excluding hydrogens is 208 g/mol. The molecule has 1 saturated carbocycles. The van der Waals surface area contributed by atoms with Crippen LogP contribution in [0.1, 0.15) is 6.42 Å². The Bertz CT molecular complexity index is 625. The highest BCUT2D eigenvalue weighted by Crippen LogP contribution is 2.37. The molecule has 2 N–H and O–H groups in total. The van der Waals surface area contributed by atoms with Crippen LogP contribution in [0.15, 0.2) is 23.0 Å². The van der Waals surface area contributed by atoms with Crippen LogP contribution in [-0.2, 0) is 0 Å². The third-order valence-electron chi connectivity index (χ3n) is 2.74.